The minimum atomic E-state index is -0.740. The van der Waals surface area contributed by atoms with Crippen molar-refractivity contribution < 1.29 is 18.8 Å². The zero-order chi connectivity index (χ0) is 57.4. The van der Waals surface area contributed by atoms with Crippen molar-refractivity contribution in [3.63, 3.8) is 0 Å². The Morgan fingerprint density at radius 1 is 0.577 bits per heavy atom. The average molecular weight is 1330 g/mol. The van der Waals surface area contributed by atoms with Crippen molar-refractivity contribution in [2.24, 2.45) is 17.2 Å². The van der Waals surface area contributed by atoms with Crippen LogP contribution in [0.15, 0.2) is 128 Å². The van der Waals surface area contributed by atoms with Crippen LogP contribution in [0.2, 0.25) is 5.02 Å². The van der Waals surface area contributed by atoms with E-state index in [0.29, 0.717) is 49.6 Å². The quantitative estimate of drug-likeness (QED) is 0.0771. The van der Waals surface area contributed by atoms with E-state index in [1.54, 1.807) is 74.8 Å². The second-order valence-corrected chi connectivity index (χ2v) is 20.2. The molecule has 3 amide bonds. The molecular weight excluding hydrogens is 1290 g/mol. The number of nitrogen functional groups attached to an aromatic ring is 4. The fourth-order valence-electron chi connectivity index (χ4n) is 7.59. The SMILES string of the molecule is CNc1c(C(N)=O)c(N)nc2cc(Br)ccc12.CNc1c(C(N)=O)c(N)nc2cc(C)ccc12.N#Cc1c(N)[nH]c2cc(Br)ccc2c1=O.NC(=O)c1c(N)nc2cc(Br)ccc2c1Cl.O=c1[nH]c2cc(Br)ccc2c(=O)o1. The van der Waals surface area contributed by atoms with Crippen LogP contribution in [-0.4, -0.2) is 56.7 Å². The number of benzene rings is 5. The van der Waals surface area contributed by atoms with Crippen LogP contribution < -0.4 is 67.6 Å². The molecule has 398 valence electrons. The zero-order valence-electron chi connectivity index (χ0n) is 40.7. The Bertz CT molecular complexity index is 4190. The zero-order valence-corrected chi connectivity index (χ0v) is 47.8. The third-order valence-corrected chi connectivity index (χ3v) is 13.4. The van der Waals surface area contributed by atoms with Crippen LogP contribution in [0.1, 0.15) is 42.2 Å². The van der Waals surface area contributed by atoms with Gasteiger partial charge in [-0.2, -0.15) is 5.26 Å². The minimum absolute atomic E-state index is 0.0372. The van der Waals surface area contributed by atoms with Crippen molar-refractivity contribution in [1.82, 2.24) is 24.9 Å². The van der Waals surface area contributed by atoms with Crippen molar-refractivity contribution in [1.29, 1.82) is 5.26 Å². The summed E-state index contributed by atoms with van der Waals surface area (Å²) in [7, 11) is 3.43. The number of pyridine rings is 4. The normalized spacial score (nSPS) is 10.4. The van der Waals surface area contributed by atoms with Gasteiger partial charge in [-0.3, -0.25) is 24.2 Å². The van der Waals surface area contributed by atoms with Crippen LogP contribution in [0.25, 0.3) is 54.5 Å². The lowest BCUT2D eigenvalue weighted by Crippen LogP contribution is -2.17. The molecule has 27 heteroatoms. The van der Waals surface area contributed by atoms with E-state index in [-0.39, 0.29) is 56.0 Å². The summed E-state index contributed by atoms with van der Waals surface area (Å²) in [5.74, 6) is -2.16. The topological polar surface area (TPSA) is 416 Å². The van der Waals surface area contributed by atoms with E-state index in [1.165, 1.54) is 0 Å². The summed E-state index contributed by atoms with van der Waals surface area (Å²) in [4.78, 5) is 85.2. The van der Waals surface area contributed by atoms with Crippen LogP contribution in [0.5, 0.6) is 0 Å². The number of rotatable bonds is 5. The molecule has 0 aliphatic carbocycles. The molecule has 0 saturated carbocycles. The van der Waals surface area contributed by atoms with Gasteiger partial charge < -0.3 is 60.2 Å². The maximum absolute atomic E-state index is 11.8. The number of nitrogens with one attached hydrogen (secondary N) is 4. The second kappa shape index (κ2) is 25.0. The van der Waals surface area contributed by atoms with Crippen LogP contribution in [0.4, 0.5) is 34.6 Å². The lowest BCUT2D eigenvalue weighted by molar-refractivity contribution is 0.0992. The Kier molecular flexibility index (Phi) is 18.8. The summed E-state index contributed by atoms with van der Waals surface area (Å²) in [5, 5.41) is 18.0. The van der Waals surface area contributed by atoms with Crippen LogP contribution >= 0.6 is 75.3 Å². The number of hydrogen-bond donors (Lipinski definition) is 11. The molecule has 0 aliphatic rings. The highest BCUT2D eigenvalue weighted by atomic mass is 79.9. The van der Waals surface area contributed by atoms with E-state index >= 15 is 0 Å². The van der Waals surface area contributed by atoms with Crippen LogP contribution in [0, 0.1) is 18.3 Å². The molecule has 5 aromatic heterocycles. The molecule has 0 bridgehead atoms. The Morgan fingerprint density at radius 3 is 1.45 bits per heavy atom. The van der Waals surface area contributed by atoms with Gasteiger partial charge >= 0.3 is 11.4 Å². The number of carbonyl (C=O) groups is 3. The van der Waals surface area contributed by atoms with Crippen molar-refractivity contribution in [3.05, 3.63) is 173 Å². The van der Waals surface area contributed by atoms with Gasteiger partial charge in [0.1, 0.15) is 51.6 Å². The Labute approximate surface area is 478 Å². The molecule has 0 aliphatic heterocycles. The maximum atomic E-state index is 11.8. The lowest BCUT2D eigenvalue weighted by atomic mass is 10.1. The van der Waals surface area contributed by atoms with Gasteiger partial charge in [0.05, 0.1) is 49.4 Å². The number of nitriles is 1. The van der Waals surface area contributed by atoms with Crippen molar-refractivity contribution >= 4 is 182 Å². The number of fused-ring (bicyclic) bond motifs is 5. The number of halogens is 5. The van der Waals surface area contributed by atoms with E-state index in [9.17, 15) is 28.8 Å². The molecule has 10 rings (SSSR count). The highest BCUT2D eigenvalue weighted by molar-refractivity contribution is 9.11. The van der Waals surface area contributed by atoms with Crippen molar-refractivity contribution in [2.45, 2.75) is 6.92 Å². The molecule has 10 aromatic rings. The summed E-state index contributed by atoms with van der Waals surface area (Å²) in [6.45, 7) is 1.97. The molecule has 0 radical (unpaired) electrons. The van der Waals surface area contributed by atoms with Gasteiger partial charge in [-0.25, -0.2) is 24.5 Å². The molecule has 22 nitrogen and oxygen atoms in total. The van der Waals surface area contributed by atoms with E-state index in [0.717, 1.165) is 39.7 Å². The molecule has 5 heterocycles. The number of nitrogens with zero attached hydrogens (tertiary/aromatic N) is 4. The number of amides is 3. The predicted octanol–water partition coefficient (Wildman–Crippen LogP) is 8.31. The smallest absolute Gasteiger partial charge is 0.387 e. The monoisotopic (exact) mass is 1330 g/mol. The van der Waals surface area contributed by atoms with Gasteiger partial charge in [-0.1, -0.05) is 93.5 Å². The first-order valence-corrected chi connectivity index (χ1v) is 25.7. The Morgan fingerprint density at radius 2 is 0.974 bits per heavy atom. The van der Waals surface area contributed by atoms with E-state index in [4.69, 9.17) is 57.0 Å². The fourth-order valence-corrected chi connectivity index (χ4v) is 9.36. The number of aromatic nitrogens is 5. The standard InChI is InChI=1S/C12H14N4O.C11H11BrN4O.C10H7BrClN3O.C10H6BrN3O.C8H4BrNO3/c1-6-3-4-7-8(5-6)16-11(13)9(12(14)17)10(7)15-2;1-15-9-6-3-2-5(12)4-7(6)16-10(13)8(9)11(14)17;11-4-1-2-5-6(3-4)15-9(13)7(8(5)12)10(14)16;11-5-1-2-6-8(3-5)14-10(13)7(4-12)9(6)15;9-4-1-2-5-6(3-4)10-8(12)13-7(5)11/h3-5H,1-2H3,(H2,14,17)(H3,13,15,16);2-4H,1H3,(H2,14,17)(H3,13,15,16);1-3H,(H2,13,15)(H2,14,16);1-3H,(H3,13,14,15);1-3H,(H,10,12). The third-order valence-electron chi connectivity index (χ3n) is 11.0. The summed E-state index contributed by atoms with van der Waals surface area (Å²) in [6.07, 6.45) is 0. The van der Waals surface area contributed by atoms with Gasteiger partial charge in [-0.05, 0) is 85.3 Å². The lowest BCUT2D eigenvalue weighted by Gasteiger charge is -2.12. The minimum Gasteiger partial charge on any atom is -0.387 e. The van der Waals surface area contributed by atoms with Crippen LogP contribution in [0.3, 0.4) is 0 Å². The molecule has 18 N–H and O–H groups in total. The first kappa shape index (κ1) is 58.6. The first-order chi connectivity index (χ1) is 36.9. The number of aromatic amines is 2. The summed E-state index contributed by atoms with van der Waals surface area (Å²) in [5.41, 5.74) is 43.5. The number of nitrogens with two attached hydrogens (primary N) is 7. The number of carbonyl (C=O) groups excluding carboxylic acids is 3. The second-order valence-electron chi connectivity index (χ2n) is 16.2. The highest BCUT2D eigenvalue weighted by Gasteiger charge is 2.19. The molecule has 0 fully saturated rings. The number of aryl methyl sites for hydroxylation is 1. The van der Waals surface area contributed by atoms with Gasteiger partial charge in [-0.15, -0.1) is 0 Å². The van der Waals surface area contributed by atoms with Crippen LogP contribution in [-0.2, 0) is 0 Å². The molecule has 0 saturated heterocycles. The number of H-pyrrole nitrogens is 2. The van der Waals surface area contributed by atoms with Gasteiger partial charge in [0.2, 0.25) is 5.43 Å². The summed E-state index contributed by atoms with van der Waals surface area (Å²) in [6, 6.07) is 28.5. The molecular formula is C51H42Br4ClN15O7. The largest absolute Gasteiger partial charge is 0.419 e. The molecule has 0 unspecified atom stereocenters. The molecule has 5 aromatic carbocycles. The maximum Gasteiger partial charge on any atom is 0.419 e. The Balaban J connectivity index is 0.000000158. The van der Waals surface area contributed by atoms with Crippen molar-refractivity contribution in [3.8, 4) is 6.07 Å². The number of primary amides is 3. The van der Waals surface area contributed by atoms with E-state index < -0.39 is 29.1 Å². The average Bonchev–Trinajstić information content (AvgIpc) is 3.37. The fraction of sp³-hybridized carbons (Fsp3) is 0.0588. The third kappa shape index (κ3) is 13.1. The van der Waals surface area contributed by atoms with E-state index in [2.05, 4.69) is 104 Å². The number of hydrogen-bond acceptors (Lipinski definition) is 17. The Hall–Kier alpha value is -8.61. The first-order valence-electron chi connectivity index (χ1n) is 22.1. The van der Waals surface area contributed by atoms with Gasteiger partial charge in [0.15, 0.2) is 0 Å². The summed E-state index contributed by atoms with van der Waals surface area (Å²) >= 11 is 19.2. The van der Waals surface area contributed by atoms with Gasteiger partial charge in [0.25, 0.3) is 17.7 Å². The molecule has 0 spiro atoms. The number of anilines is 6. The molecule has 78 heavy (non-hydrogen) atoms. The highest BCUT2D eigenvalue weighted by Crippen LogP contribution is 2.33. The predicted molar refractivity (Wildman–Crippen MR) is 320 cm³/mol. The molecule has 0 atom stereocenters. The summed E-state index contributed by atoms with van der Waals surface area (Å²) < 4.78 is 7.73. The van der Waals surface area contributed by atoms with Crippen molar-refractivity contribution in [2.75, 3.05) is 47.7 Å². The van der Waals surface area contributed by atoms with E-state index in [1.807, 2.05) is 43.3 Å². The van der Waals surface area contributed by atoms with Gasteiger partial charge in [0, 0.05) is 53.5 Å².